The van der Waals surface area contributed by atoms with Crippen molar-refractivity contribution in [3.63, 3.8) is 0 Å². The van der Waals surface area contributed by atoms with Gasteiger partial charge in [-0.25, -0.2) is 0 Å². The fraction of sp³-hybridized carbons (Fsp3) is 1.00. The molecule has 0 aromatic heterocycles. The third kappa shape index (κ3) is 3.69. The first-order valence-corrected chi connectivity index (χ1v) is 7.88. The summed E-state index contributed by atoms with van der Waals surface area (Å²) in [6.45, 7) is 9.58. The summed E-state index contributed by atoms with van der Waals surface area (Å²) in [5, 5.41) is 3.61. The van der Waals surface area contributed by atoms with Crippen molar-refractivity contribution in [3.05, 3.63) is 0 Å². The van der Waals surface area contributed by atoms with Gasteiger partial charge in [0.25, 0.3) is 0 Å². The van der Waals surface area contributed by atoms with Crippen LogP contribution in [0.3, 0.4) is 0 Å². The molecular weight excluding hydrogens is 222 g/mol. The van der Waals surface area contributed by atoms with E-state index < -0.39 is 0 Å². The number of nitrogens with zero attached hydrogens (tertiary/aromatic N) is 2. The van der Waals surface area contributed by atoms with E-state index in [2.05, 4.69) is 36.0 Å². The minimum atomic E-state index is 0.734. The lowest BCUT2D eigenvalue weighted by molar-refractivity contribution is 0.105. The lowest BCUT2D eigenvalue weighted by Crippen LogP contribution is -2.47. The van der Waals surface area contributed by atoms with E-state index >= 15 is 0 Å². The molecule has 1 unspecified atom stereocenters. The molecule has 3 heteroatoms. The molecule has 0 amide bonds. The molecule has 0 radical (unpaired) electrons. The summed E-state index contributed by atoms with van der Waals surface area (Å²) >= 11 is 0. The molecular formula is C15H31N3. The van der Waals surface area contributed by atoms with Crippen molar-refractivity contribution in [2.24, 2.45) is 0 Å². The van der Waals surface area contributed by atoms with Crippen molar-refractivity contribution >= 4 is 0 Å². The van der Waals surface area contributed by atoms with Gasteiger partial charge in [-0.1, -0.05) is 6.92 Å². The summed E-state index contributed by atoms with van der Waals surface area (Å²) in [6.07, 6.45) is 6.88. The predicted octanol–water partition coefficient (Wildman–Crippen LogP) is 1.93. The molecule has 0 aromatic carbocycles. The standard InChI is InChI=1S/C15H31N3/c1-4-16-14-6-8-15(9-7-14)18-11-5-10-17(3)12-13(18)2/h13-16H,4-12H2,1-3H3. The highest BCUT2D eigenvalue weighted by molar-refractivity contribution is 4.87. The second kappa shape index (κ2) is 6.88. The van der Waals surface area contributed by atoms with Crippen molar-refractivity contribution in [1.82, 2.24) is 15.1 Å². The molecule has 1 aliphatic heterocycles. The number of likely N-dealkylation sites (N-methyl/N-ethyl adjacent to an activating group) is 1. The van der Waals surface area contributed by atoms with Crippen molar-refractivity contribution in [3.8, 4) is 0 Å². The summed E-state index contributed by atoms with van der Waals surface area (Å²) in [5.41, 5.74) is 0. The zero-order chi connectivity index (χ0) is 13.0. The third-order valence-electron chi connectivity index (χ3n) is 4.76. The maximum absolute atomic E-state index is 3.61. The Bertz CT molecular complexity index is 236. The first-order chi connectivity index (χ1) is 8.70. The molecule has 0 aromatic rings. The van der Waals surface area contributed by atoms with E-state index in [1.807, 2.05) is 0 Å². The van der Waals surface area contributed by atoms with Gasteiger partial charge in [0.2, 0.25) is 0 Å². The number of rotatable bonds is 3. The van der Waals surface area contributed by atoms with Crippen LogP contribution in [0, 0.1) is 0 Å². The Morgan fingerprint density at radius 1 is 1.11 bits per heavy atom. The van der Waals surface area contributed by atoms with E-state index in [0.29, 0.717) is 0 Å². The van der Waals surface area contributed by atoms with Crippen LogP contribution in [-0.4, -0.2) is 61.2 Å². The number of hydrogen-bond acceptors (Lipinski definition) is 3. The minimum absolute atomic E-state index is 0.734. The van der Waals surface area contributed by atoms with Gasteiger partial charge in [0.1, 0.15) is 0 Å². The molecule has 18 heavy (non-hydrogen) atoms. The second-order valence-corrected chi connectivity index (χ2v) is 6.27. The predicted molar refractivity (Wildman–Crippen MR) is 78.0 cm³/mol. The van der Waals surface area contributed by atoms with Gasteiger partial charge >= 0.3 is 0 Å². The number of hydrogen-bond donors (Lipinski definition) is 1. The number of nitrogens with one attached hydrogen (secondary N) is 1. The van der Waals surface area contributed by atoms with Gasteiger partial charge in [-0.15, -0.1) is 0 Å². The summed E-state index contributed by atoms with van der Waals surface area (Å²) in [6, 6.07) is 2.37. The Labute approximate surface area is 113 Å². The highest BCUT2D eigenvalue weighted by atomic mass is 15.2. The average Bonchev–Trinajstić information content (AvgIpc) is 2.52. The Hall–Kier alpha value is -0.120. The van der Waals surface area contributed by atoms with Gasteiger partial charge in [-0.05, 0) is 65.7 Å². The molecule has 2 fully saturated rings. The summed E-state index contributed by atoms with van der Waals surface area (Å²) in [4.78, 5) is 5.29. The van der Waals surface area contributed by atoms with Crippen LogP contribution >= 0.6 is 0 Å². The molecule has 1 atom stereocenters. The van der Waals surface area contributed by atoms with Crippen molar-refractivity contribution < 1.29 is 0 Å². The van der Waals surface area contributed by atoms with Gasteiger partial charge in [0, 0.05) is 24.7 Å². The first kappa shape index (κ1) is 14.3. The summed E-state index contributed by atoms with van der Waals surface area (Å²) < 4.78 is 0. The van der Waals surface area contributed by atoms with Crippen LogP contribution < -0.4 is 5.32 Å². The third-order valence-corrected chi connectivity index (χ3v) is 4.76. The summed E-state index contributed by atoms with van der Waals surface area (Å²) in [7, 11) is 2.27. The maximum atomic E-state index is 3.61. The average molecular weight is 253 g/mol. The van der Waals surface area contributed by atoms with Crippen LogP contribution in [0.2, 0.25) is 0 Å². The lowest BCUT2D eigenvalue weighted by Gasteiger charge is -2.40. The molecule has 0 spiro atoms. The minimum Gasteiger partial charge on any atom is -0.314 e. The molecule has 106 valence electrons. The van der Waals surface area contributed by atoms with Gasteiger partial charge in [-0.3, -0.25) is 4.90 Å². The molecule has 0 bridgehead atoms. The molecule has 3 nitrogen and oxygen atoms in total. The topological polar surface area (TPSA) is 18.5 Å². The SMILES string of the molecule is CCNC1CCC(N2CCCN(C)CC2C)CC1. The van der Waals surface area contributed by atoms with Crippen LogP contribution in [0.15, 0.2) is 0 Å². The Morgan fingerprint density at radius 3 is 2.50 bits per heavy atom. The zero-order valence-electron chi connectivity index (χ0n) is 12.5. The highest BCUT2D eigenvalue weighted by Gasteiger charge is 2.29. The van der Waals surface area contributed by atoms with Crippen molar-refractivity contribution in [2.45, 2.75) is 64.1 Å². The van der Waals surface area contributed by atoms with E-state index in [1.165, 1.54) is 51.7 Å². The molecule has 2 rings (SSSR count). The van der Waals surface area contributed by atoms with Crippen molar-refractivity contribution in [1.29, 1.82) is 0 Å². The van der Waals surface area contributed by atoms with Crippen LogP contribution in [-0.2, 0) is 0 Å². The molecule has 1 saturated carbocycles. The fourth-order valence-corrected chi connectivity index (χ4v) is 3.83. The molecule has 1 aliphatic carbocycles. The van der Waals surface area contributed by atoms with Gasteiger partial charge in [0.05, 0.1) is 0 Å². The van der Waals surface area contributed by atoms with E-state index in [9.17, 15) is 0 Å². The fourth-order valence-electron chi connectivity index (χ4n) is 3.83. The molecule has 2 aliphatic rings. The van der Waals surface area contributed by atoms with Crippen LogP contribution in [0.5, 0.6) is 0 Å². The summed E-state index contributed by atoms with van der Waals surface area (Å²) in [5.74, 6) is 0. The zero-order valence-corrected chi connectivity index (χ0v) is 12.5. The largest absolute Gasteiger partial charge is 0.314 e. The van der Waals surface area contributed by atoms with E-state index in [1.54, 1.807) is 0 Å². The Balaban J connectivity index is 1.84. The normalized spacial score (nSPS) is 36.5. The van der Waals surface area contributed by atoms with E-state index in [0.717, 1.165) is 24.7 Å². The lowest BCUT2D eigenvalue weighted by atomic mass is 9.89. The molecule has 1 N–H and O–H groups in total. The smallest absolute Gasteiger partial charge is 0.0197 e. The maximum Gasteiger partial charge on any atom is 0.0197 e. The monoisotopic (exact) mass is 253 g/mol. The van der Waals surface area contributed by atoms with E-state index in [4.69, 9.17) is 0 Å². The Morgan fingerprint density at radius 2 is 1.83 bits per heavy atom. The first-order valence-electron chi connectivity index (χ1n) is 7.88. The van der Waals surface area contributed by atoms with E-state index in [-0.39, 0.29) is 0 Å². The van der Waals surface area contributed by atoms with Crippen molar-refractivity contribution in [2.75, 3.05) is 33.2 Å². The van der Waals surface area contributed by atoms with Crippen LogP contribution in [0.1, 0.15) is 46.0 Å². The van der Waals surface area contributed by atoms with Crippen LogP contribution in [0.4, 0.5) is 0 Å². The Kier molecular flexibility index (Phi) is 5.46. The molecule has 1 saturated heterocycles. The molecule has 1 heterocycles. The van der Waals surface area contributed by atoms with Gasteiger partial charge in [0.15, 0.2) is 0 Å². The second-order valence-electron chi connectivity index (χ2n) is 6.27. The van der Waals surface area contributed by atoms with Crippen LogP contribution in [0.25, 0.3) is 0 Å². The highest BCUT2D eigenvalue weighted by Crippen LogP contribution is 2.26. The quantitative estimate of drug-likeness (QED) is 0.829. The van der Waals surface area contributed by atoms with Gasteiger partial charge < -0.3 is 10.2 Å². The van der Waals surface area contributed by atoms with Gasteiger partial charge in [-0.2, -0.15) is 0 Å².